The summed E-state index contributed by atoms with van der Waals surface area (Å²) in [6.45, 7) is 6.96. The van der Waals surface area contributed by atoms with E-state index in [4.69, 9.17) is 16.3 Å². The highest BCUT2D eigenvalue weighted by Crippen LogP contribution is 2.25. The average molecular weight is 288 g/mol. The smallest absolute Gasteiger partial charge is 0.145 e. The van der Waals surface area contributed by atoms with Crippen LogP contribution in [0.25, 0.3) is 0 Å². The van der Waals surface area contributed by atoms with E-state index < -0.39 is 0 Å². The molecular formula is C15H23ClFNO. The quantitative estimate of drug-likeness (QED) is 0.823. The minimum Gasteiger partial charge on any atom is -0.377 e. The van der Waals surface area contributed by atoms with Gasteiger partial charge in [-0.3, -0.25) is 0 Å². The largest absolute Gasteiger partial charge is 0.377 e. The van der Waals surface area contributed by atoms with Crippen LogP contribution in [-0.2, 0) is 11.2 Å². The van der Waals surface area contributed by atoms with Gasteiger partial charge >= 0.3 is 0 Å². The van der Waals surface area contributed by atoms with Gasteiger partial charge in [0, 0.05) is 13.2 Å². The fourth-order valence-corrected chi connectivity index (χ4v) is 2.40. The lowest BCUT2D eigenvalue weighted by atomic mass is 9.88. The molecule has 0 saturated heterocycles. The van der Waals surface area contributed by atoms with Gasteiger partial charge in [-0.05, 0) is 37.9 Å². The van der Waals surface area contributed by atoms with Crippen LogP contribution < -0.4 is 5.32 Å². The average Bonchev–Trinajstić information content (AvgIpc) is 2.42. The van der Waals surface area contributed by atoms with Crippen molar-refractivity contribution in [2.75, 3.05) is 13.7 Å². The van der Waals surface area contributed by atoms with E-state index in [-0.39, 0.29) is 22.5 Å². The summed E-state index contributed by atoms with van der Waals surface area (Å²) in [5.41, 5.74) is 0.292. The number of likely N-dealkylation sites (N-methyl/N-ethyl adjacent to an activating group) is 1. The molecule has 0 spiro atoms. The van der Waals surface area contributed by atoms with Crippen LogP contribution in [0.15, 0.2) is 18.2 Å². The number of methoxy groups -OCH3 is 1. The first kappa shape index (κ1) is 16.4. The van der Waals surface area contributed by atoms with Crippen molar-refractivity contribution in [3.8, 4) is 0 Å². The third kappa shape index (κ3) is 3.91. The zero-order valence-electron chi connectivity index (χ0n) is 12.1. The predicted octanol–water partition coefficient (Wildman–Crippen LogP) is 3.81. The predicted molar refractivity (Wildman–Crippen MR) is 78.3 cm³/mol. The van der Waals surface area contributed by atoms with Crippen LogP contribution in [0, 0.1) is 5.82 Å². The molecule has 0 radical (unpaired) electrons. The zero-order valence-corrected chi connectivity index (χ0v) is 12.9. The van der Waals surface area contributed by atoms with E-state index in [1.807, 2.05) is 13.8 Å². The molecule has 0 aliphatic carbocycles. The summed E-state index contributed by atoms with van der Waals surface area (Å²) < 4.78 is 19.6. The first-order valence-corrected chi connectivity index (χ1v) is 7.07. The minimum atomic E-state index is -0.332. The van der Waals surface area contributed by atoms with Gasteiger partial charge in [0.15, 0.2) is 0 Å². The molecule has 1 N–H and O–H groups in total. The zero-order chi connectivity index (χ0) is 14.5. The molecule has 1 aromatic rings. The molecule has 0 fully saturated rings. The summed E-state index contributed by atoms with van der Waals surface area (Å²) >= 11 is 5.83. The van der Waals surface area contributed by atoms with Gasteiger partial charge in [0.25, 0.3) is 0 Å². The van der Waals surface area contributed by atoms with Crippen LogP contribution in [0.3, 0.4) is 0 Å². The standard InChI is InChI=1S/C15H23ClFNO/c1-5-15(3,19-4)13(18-6-2)10-11-8-7-9-12(16)14(11)17/h7-9,13,18H,5-6,10H2,1-4H3. The molecule has 2 nitrogen and oxygen atoms in total. The summed E-state index contributed by atoms with van der Waals surface area (Å²) in [6, 6.07) is 5.16. The molecule has 19 heavy (non-hydrogen) atoms. The van der Waals surface area contributed by atoms with E-state index in [1.54, 1.807) is 25.3 Å². The molecule has 0 aliphatic rings. The topological polar surface area (TPSA) is 21.3 Å². The molecule has 0 aromatic heterocycles. The van der Waals surface area contributed by atoms with Gasteiger partial charge in [-0.2, -0.15) is 0 Å². The summed E-state index contributed by atoms with van der Waals surface area (Å²) in [4.78, 5) is 0. The normalized spacial score (nSPS) is 16.1. The van der Waals surface area contributed by atoms with Crippen molar-refractivity contribution in [2.24, 2.45) is 0 Å². The van der Waals surface area contributed by atoms with Gasteiger partial charge in [0.1, 0.15) is 5.82 Å². The van der Waals surface area contributed by atoms with Crippen molar-refractivity contribution >= 4 is 11.6 Å². The fourth-order valence-electron chi connectivity index (χ4n) is 2.21. The molecule has 1 rings (SSSR count). The van der Waals surface area contributed by atoms with Gasteiger partial charge in [0.05, 0.1) is 10.6 Å². The highest BCUT2D eigenvalue weighted by Gasteiger charge is 2.32. The molecule has 4 heteroatoms. The highest BCUT2D eigenvalue weighted by atomic mass is 35.5. The maximum Gasteiger partial charge on any atom is 0.145 e. The van der Waals surface area contributed by atoms with Crippen LogP contribution in [0.4, 0.5) is 4.39 Å². The van der Waals surface area contributed by atoms with E-state index in [1.165, 1.54) is 0 Å². The molecule has 0 heterocycles. The Balaban J connectivity index is 2.98. The number of rotatable bonds is 7. The van der Waals surface area contributed by atoms with Gasteiger partial charge in [-0.1, -0.05) is 37.6 Å². The van der Waals surface area contributed by atoms with Gasteiger partial charge in [-0.25, -0.2) is 4.39 Å². The molecule has 108 valence electrons. The van der Waals surface area contributed by atoms with Crippen LogP contribution in [0.5, 0.6) is 0 Å². The van der Waals surface area contributed by atoms with Crippen LogP contribution in [0.2, 0.25) is 5.02 Å². The molecule has 2 unspecified atom stereocenters. The first-order valence-electron chi connectivity index (χ1n) is 6.69. The second kappa shape index (κ2) is 7.22. The molecule has 1 aromatic carbocycles. The summed E-state index contributed by atoms with van der Waals surface area (Å²) in [5.74, 6) is -0.332. The Morgan fingerprint density at radius 2 is 2.11 bits per heavy atom. The van der Waals surface area contributed by atoms with Crippen molar-refractivity contribution in [2.45, 2.75) is 45.3 Å². The van der Waals surface area contributed by atoms with Crippen molar-refractivity contribution in [3.63, 3.8) is 0 Å². The van der Waals surface area contributed by atoms with E-state index >= 15 is 0 Å². The van der Waals surface area contributed by atoms with E-state index in [0.29, 0.717) is 12.0 Å². The minimum absolute atomic E-state index is 0.0421. The molecule has 0 saturated carbocycles. The number of halogens is 2. The third-order valence-corrected chi connectivity index (χ3v) is 4.10. The van der Waals surface area contributed by atoms with Crippen molar-refractivity contribution in [1.29, 1.82) is 0 Å². The Morgan fingerprint density at radius 3 is 2.63 bits per heavy atom. The number of nitrogens with one attached hydrogen (secondary N) is 1. The van der Waals surface area contributed by atoms with Crippen molar-refractivity contribution in [3.05, 3.63) is 34.6 Å². The lowest BCUT2D eigenvalue weighted by Crippen LogP contribution is -2.51. The second-order valence-electron chi connectivity index (χ2n) is 4.90. The number of benzene rings is 1. The maximum absolute atomic E-state index is 14.0. The fraction of sp³-hybridized carbons (Fsp3) is 0.600. The SMILES string of the molecule is CCNC(Cc1cccc(Cl)c1F)C(C)(CC)OC. The lowest BCUT2D eigenvalue weighted by Gasteiger charge is -2.36. The number of ether oxygens (including phenoxy) is 1. The first-order chi connectivity index (χ1) is 8.98. The Hall–Kier alpha value is -0.640. The van der Waals surface area contributed by atoms with Gasteiger partial charge in [-0.15, -0.1) is 0 Å². The monoisotopic (exact) mass is 287 g/mol. The Labute approximate surface area is 120 Å². The lowest BCUT2D eigenvalue weighted by molar-refractivity contribution is -0.0285. The molecular weight excluding hydrogens is 265 g/mol. The Kier molecular flexibility index (Phi) is 6.24. The van der Waals surface area contributed by atoms with Crippen LogP contribution in [-0.4, -0.2) is 25.3 Å². The Morgan fingerprint density at radius 1 is 1.42 bits per heavy atom. The summed E-state index contributed by atoms with van der Waals surface area (Å²) in [5, 5.41) is 3.56. The summed E-state index contributed by atoms with van der Waals surface area (Å²) in [7, 11) is 1.70. The van der Waals surface area contributed by atoms with Gasteiger partial charge in [0.2, 0.25) is 0 Å². The van der Waals surface area contributed by atoms with Crippen molar-refractivity contribution in [1.82, 2.24) is 5.32 Å². The number of hydrogen-bond donors (Lipinski definition) is 1. The van der Waals surface area contributed by atoms with Crippen molar-refractivity contribution < 1.29 is 9.13 Å². The summed E-state index contributed by atoms with van der Waals surface area (Å²) in [6.07, 6.45) is 1.40. The maximum atomic E-state index is 14.0. The number of hydrogen-bond acceptors (Lipinski definition) is 2. The molecule has 0 amide bonds. The van der Waals surface area contributed by atoms with Crippen LogP contribution in [0.1, 0.15) is 32.8 Å². The molecule has 2 atom stereocenters. The van der Waals surface area contributed by atoms with E-state index in [0.717, 1.165) is 13.0 Å². The van der Waals surface area contributed by atoms with Gasteiger partial charge < -0.3 is 10.1 Å². The molecule has 0 bridgehead atoms. The Bertz CT molecular complexity index is 407. The van der Waals surface area contributed by atoms with E-state index in [2.05, 4.69) is 12.2 Å². The van der Waals surface area contributed by atoms with Crippen LogP contribution >= 0.6 is 11.6 Å². The second-order valence-corrected chi connectivity index (χ2v) is 5.30. The van der Waals surface area contributed by atoms with E-state index in [9.17, 15) is 4.39 Å². The highest BCUT2D eigenvalue weighted by molar-refractivity contribution is 6.30. The molecule has 0 aliphatic heterocycles. The third-order valence-electron chi connectivity index (χ3n) is 3.81.